The molecule has 0 saturated heterocycles. The van der Waals surface area contributed by atoms with Crippen molar-refractivity contribution in [3.8, 4) is 11.6 Å². The number of benzene rings is 1. The van der Waals surface area contributed by atoms with Crippen LogP contribution in [0, 0.1) is 0 Å². The van der Waals surface area contributed by atoms with E-state index in [1.165, 1.54) is 0 Å². The van der Waals surface area contributed by atoms with Gasteiger partial charge in [-0.3, -0.25) is 0 Å². The van der Waals surface area contributed by atoms with Crippen molar-refractivity contribution in [1.82, 2.24) is 9.97 Å². The molecule has 0 fully saturated rings. The van der Waals surface area contributed by atoms with Crippen LogP contribution in [0.15, 0.2) is 30.5 Å². The van der Waals surface area contributed by atoms with E-state index in [4.69, 9.17) is 9.47 Å². The van der Waals surface area contributed by atoms with E-state index in [-0.39, 0.29) is 12.6 Å². The quantitative estimate of drug-likeness (QED) is 0.487. The molecule has 154 valence electrons. The monoisotopic (exact) mass is 397 g/mol. The fraction of sp³-hybridized carbons (Fsp3) is 0.500. The SMILES string of the molecule is CCCCOc1nc(N(CC)c2ccc(OCCC)cc2)ncc1C(F)(F)F. The van der Waals surface area contributed by atoms with Crippen LogP contribution < -0.4 is 14.4 Å². The van der Waals surface area contributed by atoms with Gasteiger partial charge in [-0.05, 0) is 44.0 Å². The number of aromatic nitrogens is 2. The van der Waals surface area contributed by atoms with E-state index < -0.39 is 17.6 Å². The maximum Gasteiger partial charge on any atom is 0.423 e. The van der Waals surface area contributed by atoms with Crippen molar-refractivity contribution in [3.05, 3.63) is 36.0 Å². The van der Waals surface area contributed by atoms with Crippen LogP contribution in [0.1, 0.15) is 45.6 Å². The summed E-state index contributed by atoms with van der Waals surface area (Å²) in [5.41, 5.74) is -0.211. The maximum absolute atomic E-state index is 13.3. The van der Waals surface area contributed by atoms with Gasteiger partial charge in [0.15, 0.2) is 0 Å². The summed E-state index contributed by atoms with van der Waals surface area (Å²) in [4.78, 5) is 9.73. The minimum Gasteiger partial charge on any atom is -0.494 e. The Bertz CT molecular complexity index is 736. The first-order valence-electron chi connectivity index (χ1n) is 9.48. The summed E-state index contributed by atoms with van der Waals surface area (Å²) >= 11 is 0. The Morgan fingerprint density at radius 3 is 2.25 bits per heavy atom. The van der Waals surface area contributed by atoms with Crippen LogP contribution in [0.3, 0.4) is 0 Å². The molecule has 0 N–H and O–H groups in total. The predicted molar refractivity (Wildman–Crippen MR) is 102 cm³/mol. The molecule has 0 amide bonds. The van der Waals surface area contributed by atoms with Crippen molar-refractivity contribution in [2.24, 2.45) is 0 Å². The Balaban J connectivity index is 2.31. The number of anilines is 2. The molecular weight excluding hydrogens is 371 g/mol. The molecule has 0 saturated carbocycles. The Morgan fingerprint density at radius 2 is 1.68 bits per heavy atom. The molecule has 1 heterocycles. The van der Waals surface area contributed by atoms with E-state index >= 15 is 0 Å². The summed E-state index contributed by atoms with van der Waals surface area (Å²) in [6.45, 7) is 7.11. The van der Waals surface area contributed by atoms with Gasteiger partial charge in [0.25, 0.3) is 0 Å². The molecule has 2 rings (SSSR count). The van der Waals surface area contributed by atoms with Crippen molar-refractivity contribution in [2.45, 2.75) is 46.2 Å². The second-order valence-corrected chi connectivity index (χ2v) is 6.18. The third-order valence-corrected chi connectivity index (χ3v) is 3.96. The molecule has 2 aromatic rings. The number of rotatable bonds is 10. The lowest BCUT2D eigenvalue weighted by atomic mass is 10.2. The normalized spacial score (nSPS) is 11.4. The van der Waals surface area contributed by atoms with E-state index in [0.717, 1.165) is 30.5 Å². The second kappa shape index (κ2) is 10.1. The first-order chi connectivity index (χ1) is 13.4. The van der Waals surface area contributed by atoms with Gasteiger partial charge in [0, 0.05) is 18.4 Å². The lowest BCUT2D eigenvalue weighted by Crippen LogP contribution is -2.21. The molecule has 0 atom stereocenters. The zero-order valence-electron chi connectivity index (χ0n) is 16.4. The van der Waals surface area contributed by atoms with E-state index in [1.54, 1.807) is 4.90 Å². The summed E-state index contributed by atoms with van der Waals surface area (Å²) in [5.74, 6) is 0.454. The first kappa shape index (κ1) is 21.8. The number of alkyl halides is 3. The van der Waals surface area contributed by atoms with Crippen LogP contribution in [0.4, 0.5) is 24.8 Å². The number of ether oxygens (including phenoxy) is 2. The van der Waals surface area contributed by atoms with Crippen LogP contribution in [-0.4, -0.2) is 29.7 Å². The average molecular weight is 397 g/mol. The van der Waals surface area contributed by atoms with Crippen molar-refractivity contribution < 1.29 is 22.6 Å². The summed E-state index contributed by atoms with van der Waals surface area (Å²) in [5, 5.41) is 0. The Kier molecular flexibility index (Phi) is 7.90. The minimum absolute atomic E-state index is 0.157. The summed E-state index contributed by atoms with van der Waals surface area (Å²) in [6, 6.07) is 7.28. The maximum atomic E-state index is 13.3. The molecule has 8 heteroatoms. The minimum atomic E-state index is -4.57. The van der Waals surface area contributed by atoms with E-state index in [2.05, 4.69) is 9.97 Å². The van der Waals surface area contributed by atoms with Gasteiger partial charge in [0.2, 0.25) is 11.8 Å². The highest BCUT2D eigenvalue weighted by molar-refractivity contribution is 5.58. The predicted octanol–water partition coefficient (Wildman–Crippen LogP) is 5.62. The Hall–Kier alpha value is -2.51. The molecule has 28 heavy (non-hydrogen) atoms. The molecule has 0 radical (unpaired) electrons. The van der Waals surface area contributed by atoms with E-state index in [0.29, 0.717) is 19.6 Å². The van der Waals surface area contributed by atoms with Crippen LogP contribution in [0.5, 0.6) is 11.6 Å². The number of hydrogen-bond donors (Lipinski definition) is 0. The van der Waals surface area contributed by atoms with Gasteiger partial charge in [-0.2, -0.15) is 18.2 Å². The van der Waals surface area contributed by atoms with Crippen LogP contribution in [0.25, 0.3) is 0 Å². The average Bonchev–Trinajstić information content (AvgIpc) is 2.67. The summed E-state index contributed by atoms with van der Waals surface area (Å²) in [6.07, 6.45) is -1.43. The van der Waals surface area contributed by atoms with Gasteiger partial charge in [0.05, 0.1) is 13.2 Å². The lowest BCUT2D eigenvalue weighted by molar-refractivity contribution is -0.139. The highest BCUT2D eigenvalue weighted by Gasteiger charge is 2.36. The smallest absolute Gasteiger partial charge is 0.423 e. The standard InChI is InChI=1S/C20H26F3N3O2/c1-4-7-13-28-18-17(20(21,22)23)14-24-19(25-18)26(6-3)15-8-10-16(11-9-15)27-12-5-2/h8-11,14H,4-7,12-13H2,1-3H3. The molecule has 0 aliphatic heterocycles. The lowest BCUT2D eigenvalue weighted by Gasteiger charge is -2.22. The highest BCUT2D eigenvalue weighted by atomic mass is 19.4. The zero-order chi connectivity index (χ0) is 20.6. The molecule has 0 spiro atoms. The number of unbranched alkanes of at least 4 members (excludes halogenated alkanes) is 1. The third-order valence-electron chi connectivity index (χ3n) is 3.96. The van der Waals surface area contributed by atoms with Crippen LogP contribution in [-0.2, 0) is 6.18 Å². The largest absolute Gasteiger partial charge is 0.494 e. The first-order valence-corrected chi connectivity index (χ1v) is 9.48. The number of halogens is 3. The van der Waals surface area contributed by atoms with Crippen molar-refractivity contribution in [3.63, 3.8) is 0 Å². The molecule has 1 aromatic carbocycles. The molecule has 0 unspecified atom stereocenters. The van der Waals surface area contributed by atoms with Gasteiger partial charge in [-0.15, -0.1) is 0 Å². The molecule has 0 bridgehead atoms. The van der Waals surface area contributed by atoms with E-state index in [1.807, 2.05) is 45.0 Å². The zero-order valence-corrected chi connectivity index (χ0v) is 16.4. The summed E-state index contributed by atoms with van der Waals surface area (Å²) in [7, 11) is 0. The fourth-order valence-corrected chi connectivity index (χ4v) is 2.49. The topological polar surface area (TPSA) is 47.5 Å². The van der Waals surface area contributed by atoms with Gasteiger partial charge < -0.3 is 14.4 Å². The van der Waals surface area contributed by atoms with E-state index in [9.17, 15) is 13.2 Å². The Labute approximate surface area is 163 Å². The van der Waals surface area contributed by atoms with Crippen molar-refractivity contribution in [1.29, 1.82) is 0 Å². The van der Waals surface area contributed by atoms with Crippen molar-refractivity contribution in [2.75, 3.05) is 24.7 Å². The fourth-order valence-electron chi connectivity index (χ4n) is 2.49. The number of hydrogen-bond acceptors (Lipinski definition) is 5. The molecule has 1 aromatic heterocycles. The number of nitrogens with zero attached hydrogens (tertiary/aromatic N) is 3. The molecule has 5 nitrogen and oxygen atoms in total. The third kappa shape index (κ3) is 5.74. The van der Waals surface area contributed by atoms with Gasteiger partial charge >= 0.3 is 6.18 Å². The second-order valence-electron chi connectivity index (χ2n) is 6.18. The van der Waals surface area contributed by atoms with Gasteiger partial charge in [0.1, 0.15) is 11.3 Å². The molecule has 0 aliphatic carbocycles. The Morgan fingerprint density at radius 1 is 0.964 bits per heavy atom. The molecular formula is C20H26F3N3O2. The van der Waals surface area contributed by atoms with Gasteiger partial charge in [-0.1, -0.05) is 20.3 Å². The van der Waals surface area contributed by atoms with Crippen LogP contribution >= 0.6 is 0 Å². The van der Waals surface area contributed by atoms with Crippen molar-refractivity contribution >= 4 is 11.6 Å². The van der Waals surface area contributed by atoms with Crippen LogP contribution in [0.2, 0.25) is 0 Å². The summed E-state index contributed by atoms with van der Waals surface area (Å²) < 4.78 is 50.6. The molecule has 0 aliphatic rings. The highest BCUT2D eigenvalue weighted by Crippen LogP contribution is 2.36. The van der Waals surface area contributed by atoms with Gasteiger partial charge in [-0.25, -0.2) is 4.98 Å².